The number of nitrogens with one attached hydrogen (secondary N) is 1. The molecule has 0 aliphatic carbocycles. The second kappa shape index (κ2) is 7.02. The number of hydrogen-bond acceptors (Lipinski definition) is 6. The Kier molecular flexibility index (Phi) is 5.28. The number of ether oxygens (including phenoxy) is 2. The van der Waals surface area contributed by atoms with Crippen LogP contribution in [0.5, 0.6) is 17.4 Å². The molecule has 0 saturated carbocycles. The minimum absolute atomic E-state index is 0. The number of nitrogens with zero attached hydrogens (tertiary/aromatic N) is 2. The molecule has 6 nitrogen and oxygen atoms in total. The summed E-state index contributed by atoms with van der Waals surface area (Å²) in [6.45, 7) is 5.96. The summed E-state index contributed by atoms with van der Waals surface area (Å²) in [6, 6.07) is 5.52. The number of aromatic nitrogens is 2. The van der Waals surface area contributed by atoms with Crippen LogP contribution in [0.4, 0.5) is 5.82 Å². The summed E-state index contributed by atoms with van der Waals surface area (Å²) < 4.78 is 11.5. The molecule has 1 N–H and O–H groups in total. The van der Waals surface area contributed by atoms with Crippen LogP contribution >= 0.6 is 0 Å². The average molecular weight is 350 g/mol. The van der Waals surface area contributed by atoms with Crippen LogP contribution in [0.15, 0.2) is 24.5 Å². The van der Waals surface area contributed by atoms with E-state index >= 15 is 0 Å². The van der Waals surface area contributed by atoms with Gasteiger partial charge in [-0.15, -0.1) is 0 Å². The fourth-order valence-corrected chi connectivity index (χ4v) is 2.18. The number of carbonyl (C=O) groups is 1. The monoisotopic (exact) mass is 350 g/mol. The molecule has 1 atom stereocenters. The van der Waals surface area contributed by atoms with Crippen molar-refractivity contribution in [2.45, 2.75) is 26.8 Å². The molecule has 1 aromatic carbocycles. The standard InChI is InChI=1S/C16H17N3O3.V/c1-9-4-5-12(11(3)20)6-13(9)22-16-14-15(17-8-18-16)19-10(2)7-21-14;/h4-6,8,10H,7H2,1-3H3,(H,17,18,19);/t10-;/m1./s1. The molecular weight excluding hydrogens is 333 g/mol. The fraction of sp³-hybridized carbons (Fsp3) is 0.312. The van der Waals surface area contributed by atoms with E-state index in [9.17, 15) is 4.79 Å². The van der Waals surface area contributed by atoms with Gasteiger partial charge in [-0.05, 0) is 32.4 Å². The van der Waals surface area contributed by atoms with E-state index in [1.165, 1.54) is 13.3 Å². The number of ketones is 1. The van der Waals surface area contributed by atoms with Gasteiger partial charge < -0.3 is 14.8 Å². The summed E-state index contributed by atoms with van der Waals surface area (Å²) in [7, 11) is 0. The van der Waals surface area contributed by atoms with Crippen LogP contribution in [0.2, 0.25) is 0 Å². The second-order valence-corrected chi connectivity index (χ2v) is 5.35. The number of Topliss-reactive ketones (excluding diaryl/α,β-unsaturated/α-hetero) is 1. The van der Waals surface area contributed by atoms with Gasteiger partial charge in [0.25, 0.3) is 5.88 Å². The molecule has 2 heterocycles. The van der Waals surface area contributed by atoms with Gasteiger partial charge in [0.15, 0.2) is 11.6 Å². The minimum Gasteiger partial charge on any atom is -0.483 e. The van der Waals surface area contributed by atoms with Gasteiger partial charge in [-0.2, -0.15) is 4.98 Å². The Morgan fingerprint density at radius 2 is 2.17 bits per heavy atom. The van der Waals surface area contributed by atoms with Crippen molar-refractivity contribution in [3.05, 3.63) is 35.7 Å². The van der Waals surface area contributed by atoms with Gasteiger partial charge in [-0.25, -0.2) is 4.98 Å². The first-order chi connectivity index (χ1) is 10.5. The fourth-order valence-electron chi connectivity index (χ4n) is 2.18. The normalized spacial score (nSPS) is 15.5. The minimum atomic E-state index is -0.0127. The largest absolute Gasteiger partial charge is 0.483 e. The summed E-state index contributed by atoms with van der Waals surface area (Å²) >= 11 is 0. The van der Waals surface area contributed by atoms with Crippen LogP contribution in [0, 0.1) is 6.92 Å². The average Bonchev–Trinajstić information content (AvgIpc) is 2.49. The van der Waals surface area contributed by atoms with Crippen LogP contribution in [-0.2, 0) is 18.6 Å². The predicted octanol–water partition coefficient (Wildman–Crippen LogP) is 2.97. The van der Waals surface area contributed by atoms with Crippen molar-refractivity contribution in [2.75, 3.05) is 11.9 Å². The van der Waals surface area contributed by atoms with Gasteiger partial charge in [0, 0.05) is 24.1 Å². The zero-order valence-electron chi connectivity index (χ0n) is 13.2. The molecule has 3 rings (SSSR count). The molecule has 1 aromatic heterocycles. The first-order valence-corrected chi connectivity index (χ1v) is 7.08. The van der Waals surface area contributed by atoms with Gasteiger partial charge >= 0.3 is 0 Å². The van der Waals surface area contributed by atoms with E-state index in [0.29, 0.717) is 35.4 Å². The number of aryl methyl sites for hydroxylation is 1. The molecule has 1 radical (unpaired) electrons. The first-order valence-electron chi connectivity index (χ1n) is 7.08. The van der Waals surface area contributed by atoms with Crippen molar-refractivity contribution in [1.29, 1.82) is 0 Å². The quantitative estimate of drug-likeness (QED) is 0.858. The zero-order valence-corrected chi connectivity index (χ0v) is 14.6. The van der Waals surface area contributed by atoms with E-state index in [-0.39, 0.29) is 30.4 Å². The Labute approximate surface area is 146 Å². The number of fused-ring (bicyclic) bond motifs is 1. The number of carbonyl (C=O) groups excluding carboxylic acids is 1. The third-order valence-corrected chi connectivity index (χ3v) is 3.43. The van der Waals surface area contributed by atoms with Gasteiger partial charge in [-0.1, -0.05) is 12.1 Å². The maximum atomic E-state index is 11.5. The zero-order chi connectivity index (χ0) is 15.7. The van der Waals surface area contributed by atoms with E-state index in [1.807, 2.05) is 19.9 Å². The number of anilines is 1. The Morgan fingerprint density at radius 1 is 1.39 bits per heavy atom. The third-order valence-electron chi connectivity index (χ3n) is 3.43. The first kappa shape index (κ1) is 17.3. The maximum absolute atomic E-state index is 11.5. The van der Waals surface area contributed by atoms with Crippen LogP contribution in [0.1, 0.15) is 29.8 Å². The molecule has 119 valence electrons. The summed E-state index contributed by atoms with van der Waals surface area (Å²) in [4.78, 5) is 19.8. The number of hydrogen-bond donors (Lipinski definition) is 1. The van der Waals surface area contributed by atoms with Crippen molar-refractivity contribution in [3.8, 4) is 17.4 Å². The van der Waals surface area contributed by atoms with E-state index in [2.05, 4.69) is 15.3 Å². The smallest absolute Gasteiger partial charge is 0.268 e. The van der Waals surface area contributed by atoms with E-state index < -0.39 is 0 Å². The molecule has 23 heavy (non-hydrogen) atoms. The molecule has 7 heteroatoms. The van der Waals surface area contributed by atoms with E-state index in [1.54, 1.807) is 12.1 Å². The Morgan fingerprint density at radius 3 is 2.91 bits per heavy atom. The van der Waals surface area contributed by atoms with E-state index in [4.69, 9.17) is 9.47 Å². The van der Waals surface area contributed by atoms with Crippen LogP contribution in [-0.4, -0.2) is 28.4 Å². The SMILES string of the molecule is CC(=O)c1ccc(C)c(Oc2ncnc3c2OC[C@@H](C)N3)c1.[V]. The molecule has 2 aromatic rings. The molecular formula is C16H17N3O3V. The van der Waals surface area contributed by atoms with Gasteiger partial charge in [0.05, 0.1) is 6.04 Å². The summed E-state index contributed by atoms with van der Waals surface area (Å²) in [5.41, 5.74) is 1.51. The Hall–Kier alpha value is -2.05. The molecule has 0 bridgehead atoms. The molecule has 0 amide bonds. The molecule has 0 fully saturated rings. The van der Waals surface area contributed by atoms with Crippen molar-refractivity contribution in [3.63, 3.8) is 0 Å². The molecule has 0 unspecified atom stereocenters. The van der Waals surface area contributed by atoms with Crippen LogP contribution in [0.3, 0.4) is 0 Å². The molecule has 1 aliphatic heterocycles. The topological polar surface area (TPSA) is 73.3 Å². The van der Waals surface area contributed by atoms with Crippen LogP contribution < -0.4 is 14.8 Å². The molecule has 0 spiro atoms. The Bertz CT molecular complexity index is 737. The summed E-state index contributed by atoms with van der Waals surface area (Å²) in [6.07, 6.45) is 1.42. The number of benzene rings is 1. The van der Waals surface area contributed by atoms with Crippen molar-refractivity contribution < 1.29 is 32.8 Å². The van der Waals surface area contributed by atoms with Crippen molar-refractivity contribution >= 4 is 11.6 Å². The molecule has 1 aliphatic rings. The summed E-state index contributed by atoms with van der Waals surface area (Å²) in [5.74, 6) is 2.02. The van der Waals surface area contributed by atoms with Crippen LogP contribution in [0.25, 0.3) is 0 Å². The van der Waals surface area contributed by atoms with E-state index in [0.717, 1.165) is 5.56 Å². The Balaban J connectivity index is 0.00000192. The van der Waals surface area contributed by atoms with Gasteiger partial charge in [-0.3, -0.25) is 4.79 Å². The maximum Gasteiger partial charge on any atom is 0.268 e. The number of rotatable bonds is 3. The third kappa shape index (κ3) is 3.65. The molecule has 0 saturated heterocycles. The van der Waals surface area contributed by atoms with Gasteiger partial charge in [0.1, 0.15) is 18.7 Å². The van der Waals surface area contributed by atoms with Crippen molar-refractivity contribution in [1.82, 2.24) is 9.97 Å². The second-order valence-electron chi connectivity index (χ2n) is 5.35. The van der Waals surface area contributed by atoms with Crippen molar-refractivity contribution in [2.24, 2.45) is 0 Å². The predicted molar refractivity (Wildman–Crippen MR) is 81.9 cm³/mol. The van der Waals surface area contributed by atoms with Gasteiger partial charge in [0.2, 0.25) is 5.75 Å². The summed E-state index contributed by atoms with van der Waals surface area (Å²) in [5, 5.41) is 3.22.